The van der Waals surface area contributed by atoms with Crippen molar-refractivity contribution in [3.8, 4) is 0 Å². The van der Waals surface area contributed by atoms with Gasteiger partial charge in [0.2, 0.25) is 0 Å². The van der Waals surface area contributed by atoms with E-state index in [1.54, 1.807) is 24.3 Å². The second-order valence-corrected chi connectivity index (χ2v) is 4.19. The van der Waals surface area contributed by atoms with Crippen LogP contribution in [-0.2, 0) is 4.79 Å². The highest BCUT2D eigenvalue weighted by molar-refractivity contribution is 6.35. The summed E-state index contributed by atoms with van der Waals surface area (Å²) in [6, 6.07) is 5.04. The van der Waals surface area contributed by atoms with Crippen molar-refractivity contribution in [3.63, 3.8) is 0 Å². The summed E-state index contributed by atoms with van der Waals surface area (Å²) in [6.07, 6.45) is 5.70. The topological polar surface area (TPSA) is 59.8 Å². The fourth-order valence-electron chi connectivity index (χ4n) is 1.23. The molecule has 0 aliphatic rings. The molecule has 1 aromatic heterocycles. The molecule has 0 saturated heterocycles. The smallest absolute Gasteiger partial charge is 0.262 e. The van der Waals surface area contributed by atoms with Crippen LogP contribution in [0.15, 0.2) is 36.9 Å². The van der Waals surface area contributed by atoms with E-state index in [0.29, 0.717) is 15.6 Å². The Bertz CT molecular complexity index is 581. The average Bonchev–Trinajstić information content (AvgIpc) is 2.80. The number of carbonyl (C=O) groups excluding carboxylic acids is 1. The van der Waals surface area contributed by atoms with Gasteiger partial charge in [-0.25, -0.2) is 4.68 Å². The van der Waals surface area contributed by atoms with Crippen LogP contribution in [0.1, 0.15) is 5.56 Å². The molecule has 1 N–H and O–H groups in total. The largest absolute Gasteiger partial charge is 0.268 e. The summed E-state index contributed by atoms with van der Waals surface area (Å²) in [5, 5.41) is 8.14. The number of benzene rings is 1. The molecule has 18 heavy (non-hydrogen) atoms. The van der Waals surface area contributed by atoms with Crippen LogP contribution in [-0.4, -0.2) is 20.8 Å². The summed E-state index contributed by atoms with van der Waals surface area (Å²) in [4.78, 5) is 11.5. The summed E-state index contributed by atoms with van der Waals surface area (Å²) in [5.41, 5.74) is 3.23. The maximum Gasteiger partial charge on any atom is 0.262 e. The minimum absolute atomic E-state index is 0.319. The van der Waals surface area contributed by atoms with Gasteiger partial charge < -0.3 is 0 Å². The Morgan fingerprint density at radius 2 is 2.00 bits per heavy atom. The second kappa shape index (κ2) is 5.66. The van der Waals surface area contributed by atoms with E-state index < -0.39 is 0 Å². The molecule has 0 aliphatic heterocycles. The molecular formula is C11H8Cl2N4O. The number of nitrogens with zero attached hydrogens (tertiary/aromatic N) is 3. The number of amides is 1. The van der Waals surface area contributed by atoms with Crippen LogP contribution in [0.3, 0.4) is 0 Å². The third kappa shape index (κ3) is 3.32. The molecule has 1 amide bonds. The van der Waals surface area contributed by atoms with Gasteiger partial charge in [-0.05, 0) is 23.8 Å². The van der Waals surface area contributed by atoms with Crippen LogP contribution < -0.4 is 5.43 Å². The molecule has 0 aliphatic carbocycles. The zero-order valence-electron chi connectivity index (χ0n) is 9.05. The Balaban J connectivity index is 2.04. The highest BCUT2D eigenvalue weighted by Gasteiger charge is 2.00. The molecule has 0 unspecified atom stereocenters. The normalized spacial score (nSPS) is 10.8. The molecule has 1 aromatic carbocycles. The second-order valence-electron chi connectivity index (χ2n) is 3.34. The Hall–Kier alpha value is -1.85. The summed E-state index contributed by atoms with van der Waals surface area (Å²) in [5.74, 6) is -0.319. The van der Waals surface area contributed by atoms with Crippen molar-refractivity contribution in [3.05, 3.63) is 52.5 Å². The molecule has 5 nitrogen and oxygen atoms in total. The van der Waals surface area contributed by atoms with Crippen LogP contribution in [0.5, 0.6) is 0 Å². The zero-order valence-corrected chi connectivity index (χ0v) is 10.6. The fourth-order valence-corrected chi connectivity index (χ4v) is 1.70. The quantitative estimate of drug-likeness (QED) is 0.880. The highest BCUT2D eigenvalue weighted by atomic mass is 35.5. The van der Waals surface area contributed by atoms with E-state index in [1.807, 2.05) is 0 Å². The van der Waals surface area contributed by atoms with Gasteiger partial charge in [0.05, 0.1) is 0 Å². The average molecular weight is 283 g/mol. The lowest BCUT2D eigenvalue weighted by Gasteiger charge is -2.01. The lowest BCUT2D eigenvalue weighted by molar-refractivity contribution is -0.112. The van der Waals surface area contributed by atoms with Crippen LogP contribution in [0.2, 0.25) is 10.0 Å². The van der Waals surface area contributed by atoms with Gasteiger partial charge >= 0.3 is 0 Å². The van der Waals surface area contributed by atoms with E-state index in [1.165, 1.54) is 23.4 Å². The first-order valence-electron chi connectivity index (χ1n) is 4.94. The standard InChI is InChI=1S/C11H8Cl2N4O/c12-9-3-1-8(10(13)5-9)2-4-11(18)16-17-6-14-15-7-17/h1-7H,(H,16,18)/b4-2+. The van der Waals surface area contributed by atoms with Gasteiger partial charge in [-0.15, -0.1) is 10.2 Å². The van der Waals surface area contributed by atoms with Gasteiger partial charge in [-0.2, -0.15) is 0 Å². The molecule has 0 atom stereocenters. The van der Waals surface area contributed by atoms with Gasteiger partial charge in [0.15, 0.2) is 0 Å². The summed E-state index contributed by atoms with van der Waals surface area (Å²) >= 11 is 11.7. The predicted molar refractivity (Wildman–Crippen MR) is 69.9 cm³/mol. The molecule has 2 rings (SSSR count). The number of carbonyl (C=O) groups is 1. The maximum atomic E-state index is 11.5. The molecule has 2 aromatic rings. The molecule has 92 valence electrons. The van der Waals surface area contributed by atoms with Gasteiger partial charge in [0.25, 0.3) is 5.91 Å². The summed E-state index contributed by atoms with van der Waals surface area (Å²) in [6.45, 7) is 0. The maximum absolute atomic E-state index is 11.5. The van der Waals surface area contributed by atoms with E-state index >= 15 is 0 Å². The van der Waals surface area contributed by atoms with Crippen LogP contribution in [0.4, 0.5) is 0 Å². The summed E-state index contributed by atoms with van der Waals surface area (Å²) in [7, 11) is 0. The number of hydrogen-bond acceptors (Lipinski definition) is 3. The van der Waals surface area contributed by atoms with Crippen molar-refractivity contribution in [2.24, 2.45) is 0 Å². The molecule has 0 saturated carbocycles. The highest BCUT2D eigenvalue weighted by Crippen LogP contribution is 2.21. The van der Waals surface area contributed by atoms with Gasteiger partial charge in [0.1, 0.15) is 12.7 Å². The van der Waals surface area contributed by atoms with E-state index in [9.17, 15) is 4.79 Å². The van der Waals surface area contributed by atoms with E-state index in [4.69, 9.17) is 23.2 Å². The van der Waals surface area contributed by atoms with E-state index in [0.717, 1.165) is 0 Å². The van der Waals surface area contributed by atoms with Crippen LogP contribution in [0, 0.1) is 0 Å². The van der Waals surface area contributed by atoms with E-state index in [2.05, 4.69) is 15.6 Å². The molecule has 0 bridgehead atoms. The van der Waals surface area contributed by atoms with Crippen molar-refractivity contribution in [1.82, 2.24) is 14.9 Å². The van der Waals surface area contributed by atoms with Crippen molar-refractivity contribution < 1.29 is 4.79 Å². The Kier molecular flexibility index (Phi) is 3.96. The monoisotopic (exact) mass is 282 g/mol. The minimum Gasteiger partial charge on any atom is -0.268 e. The third-order valence-electron chi connectivity index (χ3n) is 2.03. The Morgan fingerprint density at radius 3 is 2.67 bits per heavy atom. The Labute approximate surface area is 113 Å². The van der Waals surface area contributed by atoms with Crippen molar-refractivity contribution >= 4 is 35.2 Å². The number of nitrogens with one attached hydrogen (secondary N) is 1. The van der Waals surface area contributed by atoms with Gasteiger partial charge in [-0.1, -0.05) is 29.3 Å². The first-order chi connectivity index (χ1) is 8.65. The SMILES string of the molecule is O=C(/C=C/c1ccc(Cl)cc1Cl)Nn1cnnc1. The first kappa shape index (κ1) is 12.6. The van der Waals surface area contributed by atoms with Crippen LogP contribution in [0.25, 0.3) is 6.08 Å². The van der Waals surface area contributed by atoms with Crippen molar-refractivity contribution in [1.29, 1.82) is 0 Å². The molecule has 7 heteroatoms. The molecule has 0 fully saturated rings. The molecule has 0 spiro atoms. The first-order valence-corrected chi connectivity index (χ1v) is 5.69. The van der Waals surface area contributed by atoms with Gasteiger partial charge in [0, 0.05) is 16.1 Å². The number of aromatic nitrogens is 3. The minimum atomic E-state index is -0.319. The fraction of sp³-hybridized carbons (Fsp3) is 0. The number of rotatable bonds is 3. The Morgan fingerprint density at radius 1 is 1.28 bits per heavy atom. The summed E-state index contributed by atoms with van der Waals surface area (Å²) < 4.78 is 1.34. The number of halogens is 2. The van der Waals surface area contributed by atoms with E-state index in [-0.39, 0.29) is 5.91 Å². The van der Waals surface area contributed by atoms with Crippen molar-refractivity contribution in [2.75, 3.05) is 5.43 Å². The van der Waals surface area contributed by atoms with Gasteiger partial charge in [-0.3, -0.25) is 10.2 Å². The molecule has 1 heterocycles. The predicted octanol–water partition coefficient (Wildman–Crippen LogP) is 2.37. The zero-order chi connectivity index (χ0) is 13.0. The molecule has 0 radical (unpaired) electrons. The van der Waals surface area contributed by atoms with Crippen LogP contribution >= 0.6 is 23.2 Å². The molecular weight excluding hydrogens is 275 g/mol. The van der Waals surface area contributed by atoms with Crippen molar-refractivity contribution in [2.45, 2.75) is 0 Å². The third-order valence-corrected chi connectivity index (χ3v) is 2.60. The lowest BCUT2D eigenvalue weighted by Crippen LogP contribution is -2.18. The number of hydrogen-bond donors (Lipinski definition) is 1. The lowest BCUT2D eigenvalue weighted by atomic mass is 10.2.